The summed E-state index contributed by atoms with van der Waals surface area (Å²) in [6, 6.07) is 8.38. The molecule has 0 unspecified atom stereocenters. The smallest absolute Gasteiger partial charge is 0.257 e. The fourth-order valence-electron chi connectivity index (χ4n) is 5.86. The van der Waals surface area contributed by atoms with Crippen LogP contribution in [0.5, 0.6) is 5.75 Å². The summed E-state index contributed by atoms with van der Waals surface area (Å²) in [5.74, 6) is 0.895. The van der Waals surface area contributed by atoms with Gasteiger partial charge in [-0.3, -0.25) is 9.69 Å². The monoisotopic (exact) mass is 463 g/mol. The second-order valence-electron chi connectivity index (χ2n) is 9.93. The number of benzene rings is 1. The molecule has 0 spiro atoms. The van der Waals surface area contributed by atoms with E-state index in [-0.39, 0.29) is 18.6 Å². The van der Waals surface area contributed by atoms with E-state index in [0.29, 0.717) is 41.8 Å². The summed E-state index contributed by atoms with van der Waals surface area (Å²) in [6.45, 7) is 3.38. The molecule has 34 heavy (non-hydrogen) atoms. The van der Waals surface area contributed by atoms with E-state index < -0.39 is 12.0 Å². The zero-order valence-corrected chi connectivity index (χ0v) is 19.0. The Kier molecular flexibility index (Phi) is 4.29. The molecule has 1 aromatic carbocycles. The molecule has 1 fully saturated rings. The van der Waals surface area contributed by atoms with Crippen molar-refractivity contribution in [1.29, 1.82) is 0 Å². The Morgan fingerprint density at radius 1 is 1.24 bits per heavy atom. The molecule has 8 heteroatoms. The van der Waals surface area contributed by atoms with Crippen LogP contribution in [0.25, 0.3) is 22.3 Å². The number of fused-ring (bicyclic) bond motifs is 7. The molecule has 3 aromatic rings. The first-order chi connectivity index (χ1) is 16.5. The maximum absolute atomic E-state index is 14.6. The van der Waals surface area contributed by atoms with Crippen LogP contribution in [0, 0.1) is 0 Å². The quantitative estimate of drug-likeness (QED) is 0.490. The molecule has 7 nitrogen and oxygen atoms in total. The summed E-state index contributed by atoms with van der Waals surface area (Å²) in [6.07, 6.45) is 1.94. The van der Waals surface area contributed by atoms with Crippen LogP contribution >= 0.6 is 0 Å². The second-order valence-corrected chi connectivity index (χ2v) is 9.93. The van der Waals surface area contributed by atoms with E-state index >= 15 is 0 Å². The largest absolute Gasteiger partial charge is 0.478 e. The third-order valence-corrected chi connectivity index (χ3v) is 8.21. The van der Waals surface area contributed by atoms with Crippen LogP contribution in [0.2, 0.25) is 0 Å². The molecular weight excluding hydrogens is 437 g/mol. The minimum atomic E-state index is -1.87. The van der Waals surface area contributed by atoms with Gasteiger partial charge in [0.2, 0.25) is 6.36 Å². The van der Waals surface area contributed by atoms with Crippen LogP contribution in [0.15, 0.2) is 29.1 Å². The van der Waals surface area contributed by atoms with Gasteiger partial charge < -0.3 is 19.1 Å². The Morgan fingerprint density at radius 3 is 2.85 bits per heavy atom. The number of nitrogens with zero attached hydrogens (tertiary/aromatic N) is 3. The lowest BCUT2D eigenvalue weighted by Crippen LogP contribution is -2.45. The van der Waals surface area contributed by atoms with Crippen LogP contribution in [0.3, 0.4) is 0 Å². The Labute approximate surface area is 195 Å². The van der Waals surface area contributed by atoms with Crippen LogP contribution in [0.4, 0.5) is 4.39 Å². The molecule has 2 atom stereocenters. The average molecular weight is 464 g/mol. The van der Waals surface area contributed by atoms with Gasteiger partial charge in [0.1, 0.15) is 18.1 Å². The van der Waals surface area contributed by atoms with Crippen LogP contribution in [-0.4, -0.2) is 38.7 Å². The zero-order chi connectivity index (χ0) is 23.2. The molecule has 4 aliphatic rings. The fraction of sp³-hybridized carbons (Fsp3) is 0.462. The van der Waals surface area contributed by atoms with E-state index in [0.717, 1.165) is 34.3 Å². The van der Waals surface area contributed by atoms with Gasteiger partial charge in [0.15, 0.2) is 0 Å². The standard InChI is InChI=1S/C26H26FN3O4/c1-2-26(32)19-9-21-23-14(10-30(21)24(31)18(19)12-33-25(26)27)8-16-17-11-29(15-4-3-5-15)13-34-22(17)7-6-20(16)28-23/h6-9,15,25,32H,2-5,10-13H2,1H3/t25-,26+/m1/s1. The number of alkyl halides is 1. The van der Waals surface area contributed by atoms with Gasteiger partial charge in [-0.1, -0.05) is 13.3 Å². The fourth-order valence-corrected chi connectivity index (χ4v) is 5.86. The highest BCUT2D eigenvalue weighted by molar-refractivity contribution is 5.88. The van der Waals surface area contributed by atoms with Crippen molar-refractivity contribution in [1.82, 2.24) is 14.5 Å². The molecule has 1 saturated carbocycles. The van der Waals surface area contributed by atoms with Crippen molar-refractivity contribution in [2.24, 2.45) is 0 Å². The van der Waals surface area contributed by atoms with Gasteiger partial charge in [0, 0.05) is 40.2 Å². The van der Waals surface area contributed by atoms with Gasteiger partial charge in [0.25, 0.3) is 5.56 Å². The van der Waals surface area contributed by atoms with Gasteiger partial charge in [0.05, 0.1) is 30.1 Å². The Bertz CT molecular complexity index is 1420. The van der Waals surface area contributed by atoms with Crippen molar-refractivity contribution in [3.05, 3.63) is 56.9 Å². The summed E-state index contributed by atoms with van der Waals surface area (Å²) < 4.78 is 27.4. The average Bonchev–Trinajstić information content (AvgIpc) is 3.17. The maximum atomic E-state index is 14.6. The lowest BCUT2D eigenvalue weighted by Gasteiger charge is -2.40. The number of aromatic nitrogens is 2. The van der Waals surface area contributed by atoms with Crippen molar-refractivity contribution in [2.75, 3.05) is 6.73 Å². The second kappa shape index (κ2) is 7.10. The molecule has 5 heterocycles. The third-order valence-electron chi connectivity index (χ3n) is 8.21. The van der Waals surface area contributed by atoms with E-state index in [2.05, 4.69) is 11.0 Å². The number of hydrogen-bond donors (Lipinski definition) is 1. The van der Waals surface area contributed by atoms with E-state index in [9.17, 15) is 14.3 Å². The van der Waals surface area contributed by atoms with Gasteiger partial charge in [-0.05, 0) is 43.5 Å². The third kappa shape index (κ3) is 2.67. The number of aliphatic hydroxyl groups is 1. The molecule has 0 radical (unpaired) electrons. The number of halogens is 1. The van der Waals surface area contributed by atoms with Crippen LogP contribution in [-0.2, 0) is 30.0 Å². The summed E-state index contributed by atoms with van der Waals surface area (Å²) in [5, 5.41) is 12.1. The maximum Gasteiger partial charge on any atom is 0.257 e. The minimum Gasteiger partial charge on any atom is -0.478 e. The number of rotatable bonds is 2. The van der Waals surface area contributed by atoms with Crippen molar-refractivity contribution >= 4 is 10.9 Å². The van der Waals surface area contributed by atoms with E-state index in [1.807, 2.05) is 12.1 Å². The van der Waals surface area contributed by atoms with E-state index in [1.165, 1.54) is 19.3 Å². The van der Waals surface area contributed by atoms with Gasteiger partial charge >= 0.3 is 0 Å². The first kappa shape index (κ1) is 20.6. The SMILES string of the molecule is CC[C@]1(O)c2cc3n(c(=O)c2CO[C@H]1F)Cc1cc2c4c(ccc2nc1-3)OCN(C1CCC1)C4. The molecule has 176 valence electrons. The molecule has 3 aliphatic heterocycles. The summed E-state index contributed by atoms with van der Waals surface area (Å²) in [5.41, 5.74) is 2.79. The summed E-state index contributed by atoms with van der Waals surface area (Å²) in [4.78, 5) is 20.7. The highest BCUT2D eigenvalue weighted by Gasteiger charge is 2.45. The Hall–Kier alpha value is -2.81. The predicted molar refractivity (Wildman–Crippen MR) is 123 cm³/mol. The number of hydrogen-bond acceptors (Lipinski definition) is 6. The van der Waals surface area contributed by atoms with Crippen molar-refractivity contribution < 1.29 is 19.0 Å². The molecule has 0 amide bonds. The van der Waals surface area contributed by atoms with E-state index in [4.69, 9.17) is 14.5 Å². The number of pyridine rings is 2. The van der Waals surface area contributed by atoms with Gasteiger partial charge in [-0.25, -0.2) is 9.37 Å². The van der Waals surface area contributed by atoms with E-state index in [1.54, 1.807) is 17.6 Å². The minimum absolute atomic E-state index is 0.103. The molecule has 1 aliphatic carbocycles. The summed E-state index contributed by atoms with van der Waals surface area (Å²) in [7, 11) is 0. The number of ether oxygens (including phenoxy) is 2. The van der Waals surface area contributed by atoms with Crippen LogP contribution < -0.4 is 10.3 Å². The molecule has 2 aromatic heterocycles. The highest BCUT2D eigenvalue weighted by atomic mass is 19.1. The Morgan fingerprint density at radius 2 is 2.09 bits per heavy atom. The highest BCUT2D eigenvalue weighted by Crippen LogP contribution is 2.42. The van der Waals surface area contributed by atoms with Gasteiger partial charge in [-0.15, -0.1) is 0 Å². The zero-order valence-electron chi connectivity index (χ0n) is 19.0. The van der Waals surface area contributed by atoms with Crippen molar-refractivity contribution in [3.8, 4) is 17.1 Å². The lowest BCUT2D eigenvalue weighted by molar-refractivity contribution is -0.198. The Balaban J connectivity index is 1.37. The molecule has 0 saturated heterocycles. The van der Waals surface area contributed by atoms with Crippen molar-refractivity contribution in [2.45, 2.75) is 70.3 Å². The molecule has 1 N–H and O–H groups in total. The van der Waals surface area contributed by atoms with Crippen molar-refractivity contribution in [3.63, 3.8) is 0 Å². The molecule has 7 rings (SSSR count). The first-order valence-corrected chi connectivity index (χ1v) is 12.1. The normalized spacial score (nSPS) is 25.8. The first-order valence-electron chi connectivity index (χ1n) is 12.1. The predicted octanol–water partition coefficient (Wildman–Crippen LogP) is 3.55. The summed E-state index contributed by atoms with van der Waals surface area (Å²) >= 11 is 0. The molecule has 0 bridgehead atoms. The van der Waals surface area contributed by atoms with Crippen LogP contribution in [0.1, 0.15) is 54.9 Å². The molecular formula is C26H26FN3O4. The lowest BCUT2D eigenvalue weighted by atomic mass is 9.85. The topological polar surface area (TPSA) is 76.8 Å². The van der Waals surface area contributed by atoms with Gasteiger partial charge in [-0.2, -0.15) is 0 Å².